The lowest BCUT2D eigenvalue weighted by molar-refractivity contribution is -0.554. The van der Waals surface area contributed by atoms with E-state index in [1.54, 1.807) is 25.2 Å². The SMILES string of the molecule is COc1ccc2c(c1)[C@@H]1[C@]([N+](=O)[O-])(CO2)C(=S)N[C@]12C(=O)N(C)c1ccccc12. The molecule has 0 radical (unpaired) electrons. The highest BCUT2D eigenvalue weighted by molar-refractivity contribution is 7.80. The van der Waals surface area contributed by atoms with Gasteiger partial charge in [0.05, 0.1) is 7.11 Å². The zero-order valence-corrected chi connectivity index (χ0v) is 16.5. The molecule has 9 heteroatoms. The first kappa shape index (κ1) is 17.9. The highest BCUT2D eigenvalue weighted by Gasteiger charge is 2.76. The van der Waals surface area contributed by atoms with Crippen LogP contribution in [0.5, 0.6) is 11.5 Å². The molecule has 5 rings (SSSR count). The Labute approximate surface area is 171 Å². The lowest BCUT2D eigenvalue weighted by atomic mass is 9.68. The second-order valence-electron chi connectivity index (χ2n) is 7.45. The molecule has 3 heterocycles. The van der Waals surface area contributed by atoms with Crippen LogP contribution in [0.1, 0.15) is 17.0 Å². The summed E-state index contributed by atoms with van der Waals surface area (Å²) >= 11 is 5.49. The van der Waals surface area contributed by atoms with Crippen LogP contribution in [0.15, 0.2) is 42.5 Å². The number of para-hydroxylation sites is 1. The molecule has 0 aromatic heterocycles. The van der Waals surface area contributed by atoms with Gasteiger partial charge in [-0.25, -0.2) is 0 Å². The van der Waals surface area contributed by atoms with Gasteiger partial charge in [0.1, 0.15) is 17.4 Å². The molecule has 1 spiro atoms. The number of amides is 1. The van der Waals surface area contributed by atoms with E-state index in [1.807, 2.05) is 24.3 Å². The first-order valence-corrected chi connectivity index (χ1v) is 9.44. The van der Waals surface area contributed by atoms with E-state index in [4.69, 9.17) is 21.7 Å². The Bertz CT molecular complexity index is 1110. The van der Waals surface area contributed by atoms with Crippen LogP contribution in [0.25, 0.3) is 0 Å². The van der Waals surface area contributed by atoms with Gasteiger partial charge in [-0.15, -0.1) is 0 Å². The van der Waals surface area contributed by atoms with E-state index in [2.05, 4.69) is 5.32 Å². The topological polar surface area (TPSA) is 93.9 Å². The van der Waals surface area contributed by atoms with E-state index < -0.39 is 21.9 Å². The lowest BCUT2D eigenvalue weighted by Crippen LogP contribution is -2.57. The van der Waals surface area contributed by atoms with Gasteiger partial charge in [0.25, 0.3) is 5.91 Å². The number of ether oxygens (including phenoxy) is 2. The number of thiocarbonyl (C=S) groups is 1. The Balaban J connectivity index is 1.87. The molecule has 1 amide bonds. The molecule has 2 aromatic carbocycles. The Morgan fingerprint density at radius 3 is 2.83 bits per heavy atom. The summed E-state index contributed by atoms with van der Waals surface area (Å²) in [5.41, 5.74) is -1.26. The predicted molar refractivity (Wildman–Crippen MR) is 108 cm³/mol. The quantitative estimate of drug-likeness (QED) is 0.459. The van der Waals surface area contributed by atoms with Crippen molar-refractivity contribution in [3.05, 3.63) is 63.7 Å². The standard InChI is InChI=1S/C20H17N3O5S/c1-22-14-6-4-3-5-13(14)20(18(22)24)16-12-9-11(27-2)7-8-15(12)28-10-19(16,23(25)26)17(29)21-20/h3-9,16H,10H2,1-2H3,(H,21,29)/t16-,19-,20+/m1/s1. The fraction of sp³-hybridized carbons (Fsp3) is 0.300. The smallest absolute Gasteiger partial charge is 0.314 e. The number of methoxy groups -OCH3 is 1. The van der Waals surface area contributed by atoms with Gasteiger partial charge in [-0.1, -0.05) is 30.4 Å². The second kappa shape index (κ2) is 5.66. The Morgan fingerprint density at radius 1 is 1.34 bits per heavy atom. The third-order valence-electron chi connectivity index (χ3n) is 6.25. The number of nitrogens with one attached hydrogen (secondary N) is 1. The molecule has 8 nitrogen and oxygen atoms in total. The van der Waals surface area contributed by atoms with E-state index in [0.29, 0.717) is 28.3 Å². The van der Waals surface area contributed by atoms with Crippen LogP contribution in [-0.4, -0.2) is 42.1 Å². The van der Waals surface area contributed by atoms with Crippen molar-refractivity contribution in [2.75, 3.05) is 25.7 Å². The van der Waals surface area contributed by atoms with Crippen LogP contribution in [0.2, 0.25) is 0 Å². The molecular formula is C20H17N3O5S. The molecule has 29 heavy (non-hydrogen) atoms. The zero-order chi connectivity index (χ0) is 20.6. The van der Waals surface area contributed by atoms with Crippen LogP contribution in [0, 0.1) is 10.1 Å². The first-order valence-electron chi connectivity index (χ1n) is 9.03. The Kier molecular flexibility index (Phi) is 3.49. The van der Waals surface area contributed by atoms with Crippen molar-refractivity contribution in [3.63, 3.8) is 0 Å². The van der Waals surface area contributed by atoms with Crippen molar-refractivity contribution < 1.29 is 19.2 Å². The molecular weight excluding hydrogens is 394 g/mol. The third kappa shape index (κ3) is 1.93. The van der Waals surface area contributed by atoms with Crippen molar-refractivity contribution in [2.45, 2.75) is 17.0 Å². The lowest BCUT2D eigenvalue weighted by Gasteiger charge is -2.37. The summed E-state index contributed by atoms with van der Waals surface area (Å²) in [5, 5.41) is 15.5. The number of benzene rings is 2. The fourth-order valence-corrected chi connectivity index (χ4v) is 5.33. The second-order valence-corrected chi connectivity index (χ2v) is 7.86. The number of fused-ring (bicyclic) bond motifs is 6. The first-order chi connectivity index (χ1) is 13.9. The van der Waals surface area contributed by atoms with Gasteiger partial charge >= 0.3 is 5.54 Å². The third-order valence-corrected chi connectivity index (χ3v) is 6.70. The molecule has 0 unspecified atom stereocenters. The highest BCUT2D eigenvalue weighted by atomic mass is 32.1. The van der Waals surface area contributed by atoms with E-state index in [0.717, 1.165) is 0 Å². The van der Waals surface area contributed by atoms with Crippen molar-refractivity contribution in [2.24, 2.45) is 0 Å². The van der Waals surface area contributed by atoms with Crippen LogP contribution < -0.4 is 19.7 Å². The normalized spacial score (nSPS) is 29.0. The van der Waals surface area contributed by atoms with Gasteiger partial charge in [0.2, 0.25) is 0 Å². The molecule has 1 N–H and O–H groups in total. The molecule has 0 bridgehead atoms. The Morgan fingerprint density at radius 2 is 2.10 bits per heavy atom. The minimum Gasteiger partial charge on any atom is -0.497 e. The van der Waals surface area contributed by atoms with E-state index in [-0.39, 0.29) is 17.5 Å². The monoisotopic (exact) mass is 411 g/mol. The fourth-order valence-electron chi connectivity index (χ4n) is 4.92. The van der Waals surface area contributed by atoms with Crippen molar-refractivity contribution in [1.29, 1.82) is 0 Å². The van der Waals surface area contributed by atoms with Crippen LogP contribution in [0.4, 0.5) is 5.69 Å². The van der Waals surface area contributed by atoms with Crippen molar-refractivity contribution in [1.82, 2.24) is 5.32 Å². The maximum atomic E-state index is 13.6. The van der Waals surface area contributed by atoms with Crippen LogP contribution >= 0.6 is 12.2 Å². The molecule has 3 atom stereocenters. The largest absolute Gasteiger partial charge is 0.497 e. The van der Waals surface area contributed by atoms with E-state index in [9.17, 15) is 14.9 Å². The number of likely N-dealkylation sites (N-methyl/N-ethyl adjacent to an activating group) is 1. The molecule has 3 aliphatic heterocycles. The summed E-state index contributed by atoms with van der Waals surface area (Å²) in [5.74, 6) is -0.175. The summed E-state index contributed by atoms with van der Waals surface area (Å²) in [6, 6.07) is 12.4. The minimum absolute atomic E-state index is 0.000534. The maximum Gasteiger partial charge on any atom is 0.314 e. The van der Waals surface area contributed by atoms with Crippen LogP contribution in [0.3, 0.4) is 0 Å². The zero-order valence-electron chi connectivity index (χ0n) is 15.7. The molecule has 0 aliphatic carbocycles. The molecule has 1 fully saturated rings. The number of rotatable bonds is 2. The maximum absolute atomic E-state index is 13.6. The average molecular weight is 411 g/mol. The van der Waals surface area contributed by atoms with Crippen molar-refractivity contribution in [3.8, 4) is 11.5 Å². The molecule has 2 aromatic rings. The number of nitrogens with zero attached hydrogens (tertiary/aromatic N) is 2. The molecule has 0 saturated carbocycles. The van der Waals surface area contributed by atoms with Gasteiger partial charge < -0.3 is 19.7 Å². The number of carbonyl (C=O) groups excluding carboxylic acids is 1. The number of hydrogen-bond acceptors (Lipinski definition) is 6. The summed E-state index contributed by atoms with van der Waals surface area (Å²) in [7, 11) is 3.18. The number of nitro groups is 1. The number of anilines is 1. The number of carbonyl (C=O) groups is 1. The average Bonchev–Trinajstić information content (AvgIpc) is 3.13. The van der Waals surface area contributed by atoms with Gasteiger partial charge in [0.15, 0.2) is 17.1 Å². The summed E-state index contributed by atoms with van der Waals surface area (Å²) in [6.45, 7) is -0.253. The van der Waals surface area contributed by atoms with Crippen molar-refractivity contribution >= 4 is 28.8 Å². The summed E-state index contributed by atoms with van der Waals surface area (Å²) < 4.78 is 11.1. The van der Waals surface area contributed by atoms with Gasteiger partial charge in [-0.3, -0.25) is 14.9 Å². The number of hydrogen-bond donors (Lipinski definition) is 1. The predicted octanol–water partition coefficient (Wildman–Crippen LogP) is 1.99. The molecule has 3 aliphatic rings. The minimum atomic E-state index is -1.76. The van der Waals surface area contributed by atoms with Gasteiger partial charge in [-0.05, 0) is 24.3 Å². The highest BCUT2D eigenvalue weighted by Crippen LogP contribution is 2.59. The molecule has 1 saturated heterocycles. The Hall–Kier alpha value is -3.20. The van der Waals surface area contributed by atoms with Gasteiger partial charge in [0, 0.05) is 28.8 Å². The van der Waals surface area contributed by atoms with Gasteiger partial charge in [-0.2, -0.15) is 0 Å². The molecule has 148 valence electrons. The van der Waals surface area contributed by atoms with Crippen LogP contribution in [-0.2, 0) is 10.3 Å². The van der Waals surface area contributed by atoms with E-state index >= 15 is 0 Å². The summed E-state index contributed by atoms with van der Waals surface area (Å²) in [6.07, 6.45) is 0. The summed E-state index contributed by atoms with van der Waals surface area (Å²) in [4.78, 5) is 27.1. The van der Waals surface area contributed by atoms with E-state index in [1.165, 1.54) is 12.0 Å².